The van der Waals surface area contributed by atoms with Crippen molar-refractivity contribution in [3.63, 3.8) is 0 Å². The molecule has 0 spiro atoms. The molecule has 1 amide bonds. The second kappa shape index (κ2) is 8.53. The third-order valence-corrected chi connectivity index (χ3v) is 5.76. The fourth-order valence-corrected chi connectivity index (χ4v) is 3.85. The third kappa shape index (κ3) is 4.56. The topological polar surface area (TPSA) is 111 Å². The number of aliphatic hydroxyl groups is 1. The maximum atomic E-state index is 13.9. The van der Waals surface area contributed by atoms with E-state index in [9.17, 15) is 27.5 Å². The largest absolute Gasteiger partial charge is 0.385 e. The van der Waals surface area contributed by atoms with Gasteiger partial charge in [0.1, 0.15) is 23.2 Å². The number of rotatable bonds is 5. The predicted octanol–water partition coefficient (Wildman–Crippen LogP) is 3.25. The van der Waals surface area contributed by atoms with Gasteiger partial charge in [0.25, 0.3) is 18.3 Å². The van der Waals surface area contributed by atoms with Gasteiger partial charge in [0.05, 0.1) is 12.2 Å². The molecule has 1 saturated carbocycles. The molecule has 34 heavy (non-hydrogen) atoms. The zero-order chi connectivity index (χ0) is 24.8. The second-order valence-electron chi connectivity index (χ2n) is 9.35. The van der Waals surface area contributed by atoms with Crippen LogP contribution in [-0.4, -0.2) is 48.8 Å². The second-order valence-corrected chi connectivity index (χ2v) is 9.35. The number of carbonyl (C=O) groups is 1. The van der Waals surface area contributed by atoms with Gasteiger partial charge < -0.3 is 15.7 Å². The summed E-state index contributed by atoms with van der Waals surface area (Å²) >= 11 is 0. The Bertz CT molecular complexity index is 1200. The van der Waals surface area contributed by atoms with E-state index in [-0.39, 0.29) is 35.6 Å². The Morgan fingerprint density at radius 2 is 2.12 bits per heavy atom. The molecule has 9 nitrogen and oxygen atoms in total. The van der Waals surface area contributed by atoms with Crippen LogP contribution < -0.4 is 15.3 Å². The molecule has 0 radical (unpaired) electrons. The number of aromatic amines is 1. The summed E-state index contributed by atoms with van der Waals surface area (Å²) in [5.41, 5.74) is -0.961. The van der Waals surface area contributed by atoms with Gasteiger partial charge in [0, 0.05) is 33.4 Å². The van der Waals surface area contributed by atoms with Gasteiger partial charge in [-0.05, 0) is 18.9 Å². The van der Waals surface area contributed by atoms with E-state index >= 15 is 0 Å². The molecular weight excluding hydrogens is 458 g/mol. The molecule has 3 aromatic rings. The molecule has 184 valence electrons. The monoisotopic (exact) mass is 484 g/mol. The number of anilines is 2. The number of H-pyrrole nitrogens is 1. The average Bonchev–Trinajstić information content (AvgIpc) is 3.35. The van der Waals surface area contributed by atoms with Crippen molar-refractivity contribution < 1.29 is 32.1 Å². The van der Waals surface area contributed by atoms with Crippen LogP contribution in [0, 0.1) is 0 Å². The number of alkyl halides is 4. The molecule has 3 aromatic heterocycles. The van der Waals surface area contributed by atoms with Crippen molar-refractivity contribution in [2.75, 3.05) is 10.6 Å². The van der Waals surface area contributed by atoms with Crippen molar-refractivity contribution in [3.05, 3.63) is 35.9 Å². The number of aliphatic hydroxyl groups excluding tert-OH is 1. The third-order valence-electron chi connectivity index (χ3n) is 5.76. The minimum absolute atomic E-state index is 0.00176. The first-order valence-corrected chi connectivity index (χ1v) is 10.8. The van der Waals surface area contributed by atoms with E-state index in [1.165, 1.54) is 33.9 Å². The van der Waals surface area contributed by atoms with E-state index in [0.717, 1.165) is 0 Å². The standard InChI is InChI=1S/C21H25F4N7O2/c1-20(2,3)32-10-13(15(30-32)17(22)23)28-19(34)11-9-26-31-8-6-14(29-18(11)31)27-12-5-4-7-21(24,25)16(12)33/h6,8-10,12,16-17,33H,4-5,7H2,1-3H3,(H2,26,27,28,29,34)/p+1/t12-,16-/m1/s1. The lowest BCUT2D eigenvalue weighted by atomic mass is 9.89. The highest BCUT2D eigenvalue weighted by Gasteiger charge is 2.46. The molecule has 3 heterocycles. The lowest BCUT2D eigenvalue weighted by Crippen LogP contribution is -2.51. The van der Waals surface area contributed by atoms with Crippen molar-refractivity contribution in [3.8, 4) is 0 Å². The summed E-state index contributed by atoms with van der Waals surface area (Å²) in [5, 5.41) is 21.9. The molecule has 1 aliphatic carbocycles. The van der Waals surface area contributed by atoms with Gasteiger partial charge in [-0.1, -0.05) is 0 Å². The van der Waals surface area contributed by atoms with Crippen LogP contribution >= 0.6 is 0 Å². The first-order chi connectivity index (χ1) is 15.9. The quantitative estimate of drug-likeness (QED) is 0.328. The summed E-state index contributed by atoms with van der Waals surface area (Å²) in [6, 6.07) is 0.564. The van der Waals surface area contributed by atoms with Gasteiger partial charge in [-0.25, -0.2) is 27.1 Å². The number of fused-ring (bicyclic) bond motifs is 1. The Labute approximate surface area is 192 Å². The summed E-state index contributed by atoms with van der Waals surface area (Å²) in [6.07, 6.45) is -0.451. The number of hydrogen-bond donors (Lipinski definition) is 4. The Morgan fingerprint density at radius 3 is 2.79 bits per heavy atom. The van der Waals surface area contributed by atoms with Crippen molar-refractivity contribution in [2.24, 2.45) is 0 Å². The van der Waals surface area contributed by atoms with E-state index in [2.05, 4.69) is 25.8 Å². The Hall–Kier alpha value is -3.22. The number of amides is 1. The van der Waals surface area contributed by atoms with Gasteiger partial charge in [0.15, 0.2) is 16.9 Å². The predicted molar refractivity (Wildman–Crippen MR) is 114 cm³/mol. The number of hydrogen-bond acceptors (Lipinski definition) is 5. The molecule has 1 fully saturated rings. The van der Waals surface area contributed by atoms with E-state index in [1.54, 1.807) is 0 Å². The van der Waals surface area contributed by atoms with Crippen LogP contribution in [-0.2, 0) is 5.54 Å². The molecule has 0 aliphatic heterocycles. The molecule has 4 rings (SSSR count). The number of nitrogens with one attached hydrogen (secondary N) is 3. The highest BCUT2D eigenvalue weighted by molar-refractivity contribution is 6.08. The maximum Gasteiger partial charge on any atom is 0.285 e. The Kier molecular flexibility index (Phi) is 6.00. The van der Waals surface area contributed by atoms with Crippen molar-refractivity contribution in [2.45, 2.75) is 70.1 Å². The average molecular weight is 484 g/mol. The lowest BCUT2D eigenvalue weighted by molar-refractivity contribution is -0.802. The van der Waals surface area contributed by atoms with E-state index < -0.39 is 41.6 Å². The smallest absolute Gasteiger partial charge is 0.285 e. The zero-order valence-electron chi connectivity index (χ0n) is 18.8. The molecule has 13 heteroatoms. The SMILES string of the molecule is CC(C)(C)[n+]1cc(NC(=O)c2cnn3ccc(N[C@@H]4CCCC(F)(F)[C@@H]4O)nc23)c(C(F)F)[nH]1. The van der Waals surface area contributed by atoms with Gasteiger partial charge in [0.2, 0.25) is 6.20 Å². The molecule has 0 aromatic carbocycles. The van der Waals surface area contributed by atoms with E-state index in [4.69, 9.17) is 0 Å². The van der Waals surface area contributed by atoms with Crippen LogP contribution in [0.3, 0.4) is 0 Å². The molecule has 0 bridgehead atoms. The van der Waals surface area contributed by atoms with Crippen LogP contribution in [0.5, 0.6) is 0 Å². The molecule has 0 unspecified atom stereocenters. The first kappa shape index (κ1) is 23.9. The molecule has 2 atom stereocenters. The zero-order valence-corrected chi connectivity index (χ0v) is 18.8. The molecular formula is C21H26F4N7O2+. The Morgan fingerprint density at radius 1 is 1.38 bits per heavy atom. The Balaban J connectivity index is 1.59. The molecule has 0 saturated heterocycles. The fourth-order valence-electron chi connectivity index (χ4n) is 3.85. The van der Waals surface area contributed by atoms with E-state index in [1.807, 2.05) is 20.8 Å². The van der Waals surface area contributed by atoms with Crippen molar-refractivity contribution >= 4 is 23.1 Å². The highest BCUT2D eigenvalue weighted by Crippen LogP contribution is 2.35. The minimum Gasteiger partial charge on any atom is -0.385 e. The first-order valence-electron chi connectivity index (χ1n) is 10.8. The van der Waals surface area contributed by atoms with Crippen LogP contribution in [0.25, 0.3) is 5.65 Å². The number of aromatic nitrogens is 5. The van der Waals surface area contributed by atoms with Gasteiger partial charge in [-0.3, -0.25) is 4.79 Å². The van der Waals surface area contributed by atoms with Crippen LogP contribution in [0.1, 0.15) is 62.5 Å². The summed E-state index contributed by atoms with van der Waals surface area (Å²) < 4.78 is 57.5. The summed E-state index contributed by atoms with van der Waals surface area (Å²) in [7, 11) is 0. The van der Waals surface area contributed by atoms with Crippen LogP contribution in [0.2, 0.25) is 0 Å². The fraction of sp³-hybridized carbons (Fsp3) is 0.524. The molecule has 4 N–H and O–H groups in total. The molecule has 1 aliphatic rings. The van der Waals surface area contributed by atoms with Crippen LogP contribution in [0.15, 0.2) is 24.7 Å². The van der Waals surface area contributed by atoms with Crippen molar-refractivity contribution in [1.82, 2.24) is 19.7 Å². The number of carbonyl (C=O) groups excluding carboxylic acids is 1. The summed E-state index contributed by atoms with van der Waals surface area (Å²) in [4.78, 5) is 17.2. The lowest BCUT2D eigenvalue weighted by Gasteiger charge is -2.35. The van der Waals surface area contributed by atoms with Gasteiger partial charge in [-0.2, -0.15) is 10.2 Å². The number of halogens is 4. The van der Waals surface area contributed by atoms with Gasteiger partial charge >= 0.3 is 0 Å². The van der Waals surface area contributed by atoms with E-state index in [0.29, 0.717) is 6.42 Å². The normalized spacial score (nSPS) is 20.6. The van der Waals surface area contributed by atoms with Crippen LogP contribution in [0.4, 0.5) is 29.1 Å². The minimum atomic E-state index is -3.20. The van der Waals surface area contributed by atoms with Crippen molar-refractivity contribution in [1.29, 1.82) is 0 Å². The highest BCUT2D eigenvalue weighted by atomic mass is 19.3. The maximum absolute atomic E-state index is 13.9. The summed E-state index contributed by atoms with van der Waals surface area (Å²) in [6.45, 7) is 5.44. The van der Waals surface area contributed by atoms with Gasteiger partial charge in [-0.15, -0.1) is 4.68 Å². The number of nitrogens with zero attached hydrogens (tertiary/aromatic N) is 4. The summed E-state index contributed by atoms with van der Waals surface area (Å²) in [5.74, 6) is -3.75.